The molecular weight excluding hydrogens is 362 g/mol. The number of benzene rings is 2. The first-order chi connectivity index (χ1) is 14.1. The summed E-state index contributed by atoms with van der Waals surface area (Å²) in [7, 11) is 0. The largest absolute Gasteiger partial charge is 0.341 e. The molecule has 1 atom stereocenters. The van der Waals surface area contributed by atoms with Crippen molar-refractivity contribution < 1.29 is 9.59 Å². The number of amides is 2. The second kappa shape index (κ2) is 8.78. The number of fused-ring (bicyclic) bond motifs is 1. The second-order valence-corrected chi connectivity index (χ2v) is 8.05. The minimum Gasteiger partial charge on any atom is -0.341 e. The van der Waals surface area contributed by atoms with Crippen molar-refractivity contribution in [2.45, 2.75) is 45.2 Å². The van der Waals surface area contributed by atoms with Crippen LogP contribution in [0.5, 0.6) is 0 Å². The van der Waals surface area contributed by atoms with Gasteiger partial charge in [0.1, 0.15) is 0 Å². The monoisotopic (exact) mass is 391 g/mol. The van der Waals surface area contributed by atoms with Crippen molar-refractivity contribution in [3.05, 3.63) is 65.2 Å². The van der Waals surface area contributed by atoms with Crippen molar-refractivity contribution in [2.24, 2.45) is 5.92 Å². The van der Waals surface area contributed by atoms with E-state index in [-0.39, 0.29) is 23.8 Å². The highest BCUT2D eigenvalue weighted by molar-refractivity contribution is 5.92. The zero-order chi connectivity index (χ0) is 20.2. The van der Waals surface area contributed by atoms with Gasteiger partial charge in [-0.1, -0.05) is 43.3 Å². The molecule has 2 aromatic carbocycles. The zero-order valence-corrected chi connectivity index (χ0v) is 17.0. The predicted molar refractivity (Wildman–Crippen MR) is 115 cm³/mol. The number of piperidine rings is 1. The Balaban J connectivity index is 1.28. The van der Waals surface area contributed by atoms with Crippen molar-refractivity contribution in [1.82, 2.24) is 10.2 Å². The van der Waals surface area contributed by atoms with E-state index in [0.29, 0.717) is 25.9 Å². The lowest BCUT2D eigenvalue weighted by Crippen LogP contribution is -2.52. The maximum Gasteiger partial charge on any atom is 0.240 e. The van der Waals surface area contributed by atoms with Gasteiger partial charge in [0.05, 0.1) is 6.04 Å². The van der Waals surface area contributed by atoms with Gasteiger partial charge in [-0.05, 0) is 54.5 Å². The van der Waals surface area contributed by atoms with E-state index in [1.54, 1.807) is 0 Å². The number of nitrogens with one attached hydrogen (secondary N) is 2. The maximum absolute atomic E-state index is 13.0. The SMILES string of the molecule is CCc1ccc(NC(=O)C2CCN(C(=O)[C@H]3Cc4ccccc4CN3)CC2)cc1. The topological polar surface area (TPSA) is 61.4 Å². The molecule has 0 aliphatic carbocycles. The Hall–Kier alpha value is -2.66. The highest BCUT2D eigenvalue weighted by Crippen LogP contribution is 2.23. The molecule has 2 aliphatic rings. The molecule has 4 rings (SSSR count). The van der Waals surface area contributed by atoms with Crippen LogP contribution in [0.4, 0.5) is 5.69 Å². The molecule has 2 aliphatic heterocycles. The molecule has 5 heteroatoms. The van der Waals surface area contributed by atoms with Gasteiger partial charge < -0.3 is 15.5 Å². The molecule has 2 N–H and O–H groups in total. The molecule has 0 bridgehead atoms. The van der Waals surface area contributed by atoms with Crippen LogP contribution in [-0.4, -0.2) is 35.8 Å². The van der Waals surface area contributed by atoms with Gasteiger partial charge >= 0.3 is 0 Å². The minimum absolute atomic E-state index is 0.0371. The lowest BCUT2D eigenvalue weighted by atomic mass is 9.92. The average Bonchev–Trinajstić information content (AvgIpc) is 2.79. The van der Waals surface area contributed by atoms with E-state index in [1.807, 2.05) is 41.3 Å². The van der Waals surface area contributed by atoms with E-state index < -0.39 is 0 Å². The highest BCUT2D eigenvalue weighted by atomic mass is 16.2. The minimum atomic E-state index is -0.160. The lowest BCUT2D eigenvalue weighted by Gasteiger charge is -2.35. The molecule has 152 valence electrons. The quantitative estimate of drug-likeness (QED) is 0.842. The molecule has 0 aromatic heterocycles. The van der Waals surface area contributed by atoms with E-state index in [2.05, 4.69) is 29.7 Å². The molecule has 2 heterocycles. The van der Waals surface area contributed by atoms with Gasteiger partial charge in [-0.2, -0.15) is 0 Å². The number of aryl methyl sites for hydroxylation is 1. The number of hydrogen-bond donors (Lipinski definition) is 2. The Morgan fingerprint density at radius 1 is 1.03 bits per heavy atom. The van der Waals surface area contributed by atoms with Gasteiger partial charge in [-0.15, -0.1) is 0 Å². The van der Waals surface area contributed by atoms with Gasteiger partial charge in [-0.3, -0.25) is 9.59 Å². The zero-order valence-electron chi connectivity index (χ0n) is 17.0. The van der Waals surface area contributed by atoms with E-state index in [4.69, 9.17) is 0 Å². The summed E-state index contributed by atoms with van der Waals surface area (Å²) in [4.78, 5) is 27.5. The Morgan fingerprint density at radius 3 is 2.41 bits per heavy atom. The number of rotatable bonds is 4. The van der Waals surface area contributed by atoms with Gasteiger partial charge in [0.15, 0.2) is 0 Å². The molecule has 0 saturated carbocycles. The molecule has 1 fully saturated rings. The second-order valence-electron chi connectivity index (χ2n) is 8.05. The van der Waals surface area contributed by atoms with Gasteiger partial charge in [-0.25, -0.2) is 0 Å². The van der Waals surface area contributed by atoms with Crippen LogP contribution in [0.15, 0.2) is 48.5 Å². The van der Waals surface area contributed by atoms with Crippen LogP contribution in [0, 0.1) is 5.92 Å². The Morgan fingerprint density at radius 2 is 1.72 bits per heavy atom. The van der Waals surface area contributed by atoms with Crippen molar-refractivity contribution in [3.8, 4) is 0 Å². The molecular formula is C24H29N3O2. The summed E-state index contributed by atoms with van der Waals surface area (Å²) >= 11 is 0. The first kappa shape index (κ1) is 19.6. The summed E-state index contributed by atoms with van der Waals surface area (Å²) in [5.41, 5.74) is 4.64. The molecule has 29 heavy (non-hydrogen) atoms. The molecule has 0 radical (unpaired) electrons. The van der Waals surface area contributed by atoms with Crippen LogP contribution in [0.25, 0.3) is 0 Å². The molecule has 0 spiro atoms. The van der Waals surface area contributed by atoms with Crippen molar-refractivity contribution >= 4 is 17.5 Å². The number of hydrogen-bond acceptors (Lipinski definition) is 3. The van der Waals surface area contributed by atoms with Crippen molar-refractivity contribution in [1.29, 1.82) is 0 Å². The normalized spacial score (nSPS) is 19.5. The smallest absolute Gasteiger partial charge is 0.240 e. The predicted octanol–water partition coefficient (Wildman–Crippen LogP) is 3.14. The lowest BCUT2D eigenvalue weighted by molar-refractivity contribution is -0.136. The van der Waals surface area contributed by atoms with Crippen LogP contribution in [0.2, 0.25) is 0 Å². The third kappa shape index (κ3) is 4.51. The number of carbonyl (C=O) groups is 2. The summed E-state index contributed by atoms with van der Waals surface area (Å²) in [6.45, 7) is 4.14. The summed E-state index contributed by atoms with van der Waals surface area (Å²) in [6.07, 6.45) is 3.16. The average molecular weight is 392 g/mol. The Labute approximate surface area is 172 Å². The standard InChI is InChI=1S/C24H29N3O2/c1-2-17-7-9-21(10-8-17)26-23(28)18-11-13-27(14-12-18)24(29)22-15-19-5-3-4-6-20(19)16-25-22/h3-10,18,22,25H,2,11-16H2,1H3,(H,26,28)/t22-/m1/s1. The van der Waals surface area contributed by atoms with Crippen molar-refractivity contribution in [3.63, 3.8) is 0 Å². The molecule has 2 aromatic rings. The summed E-state index contributed by atoms with van der Waals surface area (Å²) in [6, 6.07) is 16.2. The highest BCUT2D eigenvalue weighted by Gasteiger charge is 2.32. The van der Waals surface area contributed by atoms with E-state index in [0.717, 1.165) is 25.1 Å². The number of likely N-dealkylation sites (tertiary alicyclic amines) is 1. The van der Waals surface area contributed by atoms with Crippen LogP contribution in [0.3, 0.4) is 0 Å². The van der Waals surface area contributed by atoms with Crippen LogP contribution < -0.4 is 10.6 Å². The third-order valence-corrected chi connectivity index (χ3v) is 6.19. The molecule has 2 amide bonds. The Kier molecular flexibility index (Phi) is 5.95. The molecule has 5 nitrogen and oxygen atoms in total. The summed E-state index contributed by atoms with van der Waals surface area (Å²) in [5.74, 6) is 0.185. The number of anilines is 1. The van der Waals surface area contributed by atoms with Crippen LogP contribution in [0.1, 0.15) is 36.5 Å². The first-order valence-corrected chi connectivity index (χ1v) is 10.6. The van der Waals surface area contributed by atoms with Crippen molar-refractivity contribution in [2.75, 3.05) is 18.4 Å². The summed E-state index contributed by atoms with van der Waals surface area (Å²) in [5, 5.41) is 6.40. The maximum atomic E-state index is 13.0. The van der Waals surface area contributed by atoms with Crippen LogP contribution >= 0.6 is 0 Å². The summed E-state index contributed by atoms with van der Waals surface area (Å²) < 4.78 is 0. The van der Waals surface area contributed by atoms with Gasteiger partial charge in [0, 0.05) is 31.2 Å². The van der Waals surface area contributed by atoms with E-state index in [9.17, 15) is 9.59 Å². The first-order valence-electron chi connectivity index (χ1n) is 10.6. The fourth-order valence-corrected chi connectivity index (χ4v) is 4.28. The van der Waals surface area contributed by atoms with E-state index >= 15 is 0 Å². The van der Waals surface area contributed by atoms with Crippen LogP contribution in [-0.2, 0) is 29.0 Å². The fourth-order valence-electron chi connectivity index (χ4n) is 4.28. The van der Waals surface area contributed by atoms with Gasteiger partial charge in [0.2, 0.25) is 11.8 Å². The fraction of sp³-hybridized carbons (Fsp3) is 0.417. The molecule has 0 unspecified atom stereocenters. The molecule has 1 saturated heterocycles. The third-order valence-electron chi connectivity index (χ3n) is 6.19. The van der Waals surface area contributed by atoms with E-state index in [1.165, 1.54) is 16.7 Å². The number of carbonyl (C=O) groups excluding carboxylic acids is 2. The van der Waals surface area contributed by atoms with Gasteiger partial charge in [0.25, 0.3) is 0 Å². The number of nitrogens with zero attached hydrogens (tertiary/aromatic N) is 1. The Bertz CT molecular complexity index is 870.